The molecular formula is C32H36Cl2N4O4S. The summed E-state index contributed by atoms with van der Waals surface area (Å²) in [7, 11) is 1.64. The first kappa shape index (κ1) is 30.5. The molecule has 2 aromatic rings. The predicted octanol–water partition coefficient (Wildman–Crippen LogP) is 5.71. The summed E-state index contributed by atoms with van der Waals surface area (Å²) < 4.78 is 11.1. The van der Waals surface area contributed by atoms with Crippen molar-refractivity contribution in [2.75, 3.05) is 40.0 Å². The SMILES string of the molecule is CO[C@@H]1C[C@@H](C(=O)N2CCOCC2)N(C(=O)C2=C(C(C)C)N3C(=N[C@@](C)(c4ccc(Cl)cc4)[C@H]3c3ccc(Cl)cc3)S2)C1. The lowest BCUT2D eigenvalue weighted by molar-refractivity contribution is -0.144. The van der Waals surface area contributed by atoms with E-state index in [0.29, 0.717) is 54.2 Å². The third-order valence-corrected chi connectivity index (χ3v) is 10.4. The molecule has 0 saturated carbocycles. The van der Waals surface area contributed by atoms with E-state index in [2.05, 4.69) is 25.7 Å². The fourth-order valence-electron chi connectivity index (χ4n) is 6.62. The van der Waals surface area contributed by atoms with Crippen LogP contribution < -0.4 is 0 Å². The molecule has 0 N–H and O–H groups in total. The number of thioether (sulfide) groups is 1. The van der Waals surface area contributed by atoms with Gasteiger partial charge in [-0.3, -0.25) is 9.59 Å². The van der Waals surface area contributed by atoms with Crippen LogP contribution in [0.3, 0.4) is 0 Å². The van der Waals surface area contributed by atoms with Crippen molar-refractivity contribution in [1.29, 1.82) is 0 Å². The molecule has 0 radical (unpaired) electrons. The first-order chi connectivity index (χ1) is 20.6. The van der Waals surface area contributed by atoms with E-state index in [0.717, 1.165) is 22.0 Å². The van der Waals surface area contributed by atoms with E-state index in [-0.39, 0.29) is 29.9 Å². The molecule has 43 heavy (non-hydrogen) atoms. The van der Waals surface area contributed by atoms with Crippen molar-refractivity contribution in [2.24, 2.45) is 10.9 Å². The van der Waals surface area contributed by atoms with Crippen molar-refractivity contribution < 1.29 is 19.1 Å². The number of ether oxygens (including phenoxy) is 2. The summed E-state index contributed by atoms with van der Waals surface area (Å²) in [5.41, 5.74) is 2.31. The Morgan fingerprint density at radius 2 is 1.67 bits per heavy atom. The van der Waals surface area contributed by atoms with Gasteiger partial charge in [0, 0.05) is 48.9 Å². The number of amidine groups is 1. The number of hydrogen-bond donors (Lipinski definition) is 0. The van der Waals surface area contributed by atoms with Gasteiger partial charge < -0.3 is 24.2 Å². The Labute approximate surface area is 267 Å². The Balaban J connectivity index is 1.40. The third kappa shape index (κ3) is 5.48. The highest BCUT2D eigenvalue weighted by atomic mass is 35.5. The average molecular weight is 644 g/mol. The van der Waals surface area contributed by atoms with Crippen LogP contribution >= 0.6 is 35.0 Å². The molecule has 0 aliphatic carbocycles. The number of aliphatic imine (C=N–C) groups is 1. The molecule has 8 nitrogen and oxygen atoms in total. The summed E-state index contributed by atoms with van der Waals surface area (Å²) in [6.45, 7) is 8.75. The van der Waals surface area contributed by atoms with Crippen LogP contribution in [0.2, 0.25) is 10.0 Å². The van der Waals surface area contributed by atoms with E-state index in [1.54, 1.807) is 12.0 Å². The molecule has 4 heterocycles. The van der Waals surface area contributed by atoms with Gasteiger partial charge in [0.15, 0.2) is 5.17 Å². The standard InChI is InChI=1S/C32H36Cl2N4O4S/c1-19(2)26-27(30(40)37-18-24(41-4)17-25(37)29(39)36-13-15-42-16-14-36)43-31-35-32(3,21-7-11-23(34)12-8-21)28(38(26)31)20-5-9-22(33)10-6-20/h5-12,19,24-25,28H,13-18H2,1-4H3/t24-,25+,28-,32+/m1/s1. The maximum absolute atomic E-state index is 14.5. The Hall–Kier alpha value is -2.56. The number of carbonyl (C=O) groups is 2. The molecule has 0 unspecified atom stereocenters. The van der Waals surface area contributed by atoms with E-state index in [4.69, 9.17) is 37.7 Å². The number of fused-ring (bicyclic) bond motifs is 1. The lowest BCUT2D eigenvalue weighted by Crippen LogP contribution is -2.51. The number of nitrogens with zero attached hydrogens (tertiary/aromatic N) is 4. The predicted molar refractivity (Wildman–Crippen MR) is 170 cm³/mol. The van der Waals surface area contributed by atoms with Gasteiger partial charge in [-0.1, -0.05) is 61.3 Å². The zero-order valence-corrected chi connectivity index (χ0v) is 27.1. The van der Waals surface area contributed by atoms with Crippen molar-refractivity contribution in [3.8, 4) is 0 Å². The third-order valence-electron chi connectivity index (χ3n) is 8.83. The number of rotatable bonds is 6. The fraction of sp³-hybridized carbons (Fsp3) is 0.469. The molecule has 4 aliphatic heterocycles. The molecule has 2 aromatic carbocycles. The summed E-state index contributed by atoms with van der Waals surface area (Å²) in [5.74, 6) is -0.186. The van der Waals surface area contributed by atoms with Crippen molar-refractivity contribution in [3.05, 3.63) is 80.3 Å². The van der Waals surface area contributed by atoms with Gasteiger partial charge >= 0.3 is 0 Å². The number of amides is 2. The maximum Gasteiger partial charge on any atom is 0.263 e. The molecule has 6 rings (SSSR count). The number of methoxy groups -OCH3 is 1. The number of halogens is 2. The molecule has 11 heteroatoms. The number of benzene rings is 2. The van der Waals surface area contributed by atoms with E-state index >= 15 is 0 Å². The Morgan fingerprint density at radius 3 is 2.28 bits per heavy atom. The Morgan fingerprint density at radius 1 is 1.05 bits per heavy atom. The smallest absolute Gasteiger partial charge is 0.263 e. The van der Waals surface area contributed by atoms with Crippen LogP contribution in [0.1, 0.15) is 44.4 Å². The number of morpholine rings is 1. The lowest BCUT2D eigenvalue weighted by atomic mass is 9.81. The highest BCUT2D eigenvalue weighted by molar-refractivity contribution is 8.18. The number of likely N-dealkylation sites (tertiary alicyclic amines) is 1. The van der Waals surface area contributed by atoms with Crippen molar-refractivity contribution in [1.82, 2.24) is 14.7 Å². The van der Waals surface area contributed by atoms with Crippen LogP contribution in [-0.4, -0.2) is 83.8 Å². The Bertz CT molecular complexity index is 1460. The molecule has 2 saturated heterocycles. The first-order valence-corrected chi connectivity index (χ1v) is 16.2. The largest absolute Gasteiger partial charge is 0.380 e. The average Bonchev–Trinajstić information content (AvgIpc) is 3.68. The van der Waals surface area contributed by atoms with Crippen LogP contribution in [0, 0.1) is 5.92 Å². The molecule has 2 amide bonds. The number of allylic oxidation sites excluding steroid dienone is 1. The van der Waals surface area contributed by atoms with Gasteiger partial charge in [-0.2, -0.15) is 0 Å². The molecule has 2 fully saturated rings. The molecular weight excluding hydrogens is 607 g/mol. The summed E-state index contributed by atoms with van der Waals surface area (Å²) in [5, 5.41) is 2.08. The summed E-state index contributed by atoms with van der Waals surface area (Å²) in [6.07, 6.45) is 0.265. The van der Waals surface area contributed by atoms with Crippen LogP contribution in [0.15, 0.2) is 64.1 Å². The molecule has 4 aliphatic rings. The molecule has 0 bridgehead atoms. The highest BCUT2D eigenvalue weighted by Gasteiger charge is 2.54. The van der Waals surface area contributed by atoms with Gasteiger partial charge in [-0.15, -0.1) is 0 Å². The van der Waals surface area contributed by atoms with Gasteiger partial charge in [0.1, 0.15) is 16.5 Å². The zero-order valence-electron chi connectivity index (χ0n) is 24.8. The van der Waals surface area contributed by atoms with E-state index < -0.39 is 11.6 Å². The number of carbonyl (C=O) groups excluding carboxylic acids is 2. The maximum atomic E-state index is 14.5. The second kappa shape index (κ2) is 12.1. The minimum atomic E-state index is -0.654. The highest BCUT2D eigenvalue weighted by Crippen LogP contribution is 2.56. The first-order valence-electron chi connectivity index (χ1n) is 14.6. The fourth-order valence-corrected chi connectivity index (χ4v) is 8.23. The van der Waals surface area contributed by atoms with Crippen molar-refractivity contribution in [3.63, 3.8) is 0 Å². The van der Waals surface area contributed by atoms with Crippen LogP contribution in [-0.2, 0) is 24.6 Å². The molecule has 0 spiro atoms. The van der Waals surface area contributed by atoms with Crippen molar-refractivity contribution in [2.45, 2.75) is 50.9 Å². The second-order valence-electron chi connectivity index (χ2n) is 11.8. The number of hydrogen-bond acceptors (Lipinski definition) is 7. The van der Waals surface area contributed by atoms with Crippen LogP contribution in [0.25, 0.3) is 0 Å². The van der Waals surface area contributed by atoms with E-state index in [1.807, 2.05) is 53.4 Å². The summed E-state index contributed by atoms with van der Waals surface area (Å²) >= 11 is 14.0. The van der Waals surface area contributed by atoms with Gasteiger partial charge in [0.2, 0.25) is 5.91 Å². The van der Waals surface area contributed by atoms with Gasteiger partial charge in [-0.05, 0) is 60.0 Å². The van der Waals surface area contributed by atoms with E-state index in [9.17, 15) is 9.59 Å². The van der Waals surface area contributed by atoms with Crippen LogP contribution in [0.4, 0.5) is 0 Å². The second-order valence-corrected chi connectivity index (χ2v) is 13.7. The monoisotopic (exact) mass is 642 g/mol. The summed E-state index contributed by atoms with van der Waals surface area (Å²) in [4.78, 5) is 39.8. The quantitative estimate of drug-likeness (QED) is 0.402. The van der Waals surface area contributed by atoms with Gasteiger partial charge in [-0.25, -0.2) is 4.99 Å². The molecule has 4 atom stereocenters. The molecule has 0 aromatic heterocycles. The minimum absolute atomic E-state index is 0.00994. The van der Waals surface area contributed by atoms with E-state index in [1.165, 1.54) is 11.8 Å². The Kier molecular flexibility index (Phi) is 8.56. The molecule has 228 valence electrons. The van der Waals surface area contributed by atoms with Gasteiger partial charge in [0.25, 0.3) is 5.91 Å². The topological polar surface area (TPSA) is 74.7 Å². The van der Waals surface area contributed by atoms with Crippen LogP contribution in [0.5, 0.6) is 0 Å². The normalized spacial score (nSPS) is 27.3. The lowest BCUT2D eigenvalue weighted by Gasteiger charge is -2.37. The summed E-state index contributed by atoms with van der Waals surface area (Å²) in [6, 6.07) is 14.8. The van der Waals surface area contributed by atoms with Gasteiger partial charge in [0.05, 0.1) is 25.4 Å². The van der Waals surface area contributed by atoms with Crippen molar-refractivity contribution >= 4 is 51.9 Å². The minimum Gasteiger partial charge on any atom is -0.380 e. The zero-order chi connectivity index (χ0) is 30.5.